The Bertz CT molecular complexity index is 6860. The monoisotopic (exact) mass is 1910 g/mol. The topological polar surface area (TPSA) is 475 Å². The molecule has 6 aliphatic rings. The highest BCUT2D eigenvalue weighted by molar-refractivity contribution is 6.07. The lowest BCUT2D eigenvalue weighted by molar-refractivity contribution is -0.138. The van der Waals surface area contributed by atoms with Gasteiger partial charge in [0.1, 0.15) is 6.29 Å². The van der Waals surface area contributed by atoms with Crippen molar-refractivity contribution in [1.82, 2.24) is 5.32 Å². The molecular formula is C114H107NO26. The van der Waals surface area contributed by atoms with Gasteiger partial charge in [-0.05, 0) is 258 Å². The summed E-state index contributed by atoms with van der Waals surface area (Å²) in [7, 11) is 3.25. The Morgan fingerprint density at radius 1 is 0.305 bits per heavy atom. The van der Waals surface area contributed by atoms with Crippen LogP contribution >= 0.6 is 0 Å². The molecule has 0 saturated carbocycles. The number of aliphatic hydroxyl groups is 2. The van der Waals surface area contributed by atoms with Gasteiger partial charge in [-0.3, -0.25) is 33.6 Å². The van der Waals surface area contributed by atoms with E-state index < -0.39 is 59.6 Å². The van der Waals surface area contributed by atoms with Gasteiger partial charge in [0.15, 0.2) is 11.6 Å². The van der Waals surface area contributed by atoms with Crippen molar-refractivity contribution in [2.45, 2.75) is 140 Å². The molecule has 1 amide bonds. The van der Waals surface area contributed by atoms with Gasteiger partial charge in [-0.25, -0.2) is 24.0 Å². The summed E-state index contributed by atoms with van der Waals surface area (Å²) in [5.74, 6) is -9.11. The average molecular weight is 1910 g/mol. The Labute approximate surface area is 812 Å². The number of ether oxygens (including phenoxy) is 2. The molecule has 12 aromatic rings. The third-order valence-corrected chi connectivity index (χ3v) is 26.0. The number of amides is 1. The lowest BCUT2D eigenvalue weighted by Crippen LogP contribution is -2.26. The zero-order valence-corrected chi connectivity index (χ0v) is 77.7. The van der Waals surface area contributed by atoms with Crippen LogP contribution in [0.3, 0.4) is 0 Å². The van der Waals surface area contributed by atoms with Crippen LogP contribution in [0.25, 0.3) is 66.8 Å². The first-order valence-electron chi connectivity index (χ1n) is 46.5. The molecule has 0 fully saturated rings. The van der Waals surface area contributed by atoms with Gasteiger partial charge in [-0.2, -0.15) is 0 Å². The summed E-state index contributed by atoms with van der Waals surface area (Å²) in [6, 6.07) is 68.6. The molecule has 0 saturated heterocycles. The number of aliphatic hydroxyl groups excluding tert-OH is 2. The number of carbonyl (C=O) groups excluding carboxylic acids is 4. The maximum atomic E-state index is 12.9. The first-order valence-corrected chi connectivity index (χ1v) is 46.5. The maximum absolute atomic E-state index is 12.9. The number of rotatable bonds is 36. The van der Waals surface area contributed by atoms with Crippen molar-refractivity contribution in [2.24, 2.45) is 0 Å². The molecule has 141 heavy (non-hydrogen) atoms. The van der Waals surface area contributed by atoms with Crippen LogP contribution in [0.15, 0.2) is 224 Å². The van der Waals surface area contributed by atoms with E-state index in [-0.39, 0.29) is 91.3 Å². The number of aryl methyl sites for hydroxylation is 4. The fourth-order valence-electron chi connectivity index (χ4n) is 19.6. The Balaban J connectivity index is 0.000000144. The molecule has 0 radical (unpaired) electrons. The molecule has 0 spiro atoms. The Morgan fingerprint density at radius 3 is 1.10 bits per heavy atom. The van der Waals surface area contributed by atoms with E-state index in [0.717, 1.165) is 172 Å². The zero-order chi connectivity index (χ0) is 101. The van der Waals surface area contributed by atoms with Crippen LogP contribution in [0.5, 0.6) is 0 Å². The molecule has 6 aliphatic carbocycles. The van der Waals surface area contributed by atoms with Gasteiger partial charge in [0.2, 0.25) is 5.91 Å². The number of carboxylic acid groups (broad SMARTS) is 9. The molecule has 12 N–H and O–H groups in total. The van der Waals surface area contributed by atoms with Gasteiger partial charge in [0, 0.05) is 100.0 Å². The lowest BCUT2D eigenvalue weighted by Gasteiger charge is -2.11. The number of methoxy groups -OCH3 is 2. The van der Waals surface area contributed by atoms with Gasteiger partial charge >= 0.3 is 53.7 Å². The van der Waals surface area contributed by atoms with Crippen LogP contribution in [0.4, 0.5) is 0 Å². The van der Waals surface area contributed by atoms with Crippen LogP contribution in [-0.2, 0) is 83.2 Å². The number of nitrogens with one attached hydrogen (secondary N) is 1. The SMILES string of the molecule is COCCCC(=O)c1cccc2c1-c1ccc(CCCC(=O)NCCOC)cc1C2CO.O=C(O)CCC(=O)c1ccc2c(c1)Cc1cccc(C(=O)O)c1-2.O=C(O)CCCc1ccc2c(c1)C(CO)c1cccc(C(=O)O)c1-2.O=C(O)CCCc1ccc2c(c1)Cc1cccc(C(=O)O)c1-2.O=C(O)c1cccc2c1-c1ccccc1C2.O=CC1c2cc(CCCC(=O)O)ccc2-c2c(C(=O)O)cccc21. The van der Waals surface area contributed by atoms with Gasteiger partial charge in [0.05, 0.1) is 60.0 Å². The van der Waals surface area contributed by atoms with E-state index in [0.29, 0.717) is 116 Å². The van der Waals surface area contributed by atoms with Crippen LogP contribution in [0, 0.1) is 0 Å². The molecule has 3 atom stereocenters. The van der Waals surface area contributed by atoms with E-state index in [2.05, 4.69) is 35.6 Å². The van der Waals surface area contributed by atoms with Crippen LogP contribution < -0.4 is 5.32 Å². The molecule has 724 valence electrons. The maximum Gasteiger partial charge on any atom is 0.336 e. The Kier molecular flexibility index (Phi) is 34.6. The molecule has 3 unspecified atom stereocenters. The second-order valence-electron chi connectivity index (χ2n) is 35.0. The van der Waals surface area contributed by atoms with Crippen molar-refractivity contribution in [3.63, 3.8) is 0 Å². The second kappa shape index (κ2) is 47.5. The number of Topliss-reactive ketones (excluding diaryl/α,β-unsaturated/α-hetero) is 2. The van der Waals surface area contributed by atoms with Crippen molar-refractivity contribution in [2.75, 3.05) is 47.2 Å². The highest BCUT2D eigenvalue weighted by Gasteiger charge is 2.37. The minimum Gasteiger partial charge on any atom is -0.481 e. The predicted molar refractivity (Wildman–Crippen MR) is 526 cm³/mol. The first kappa shape index (κ1) is 103. The Hall–Kier alpha value is -15.8. The summed E-state index contributed by atoms with van der Waals surface area (Å²) < 4.78 is 10.0. The fraction of sp³-hybridized carbons (Fsp3) is 0.254. The van der Waals surface area contributed by atoms with E-state index >= 15 is 0 Å². The van der Waals surface area contributed by atoms with Crippen molar-refractivity contribution in [1.29, 1.82) is 0 Å². The molecule has 0 bridgehead atoms. The van der Waals surface area contributed by atoms with E-state index in [1.54, 1.807) is 93.1 Å². The molecule has 27 nitrogen and oxygen atoms in total. The lowest BCUT2D eigenvalue weighted by atomic mass is 9.93. The predicted octanol–water partition coefficient (Wildman–Crippen LogP) is 18.8. The van der Waals surface area contributed by atoms with Crippen LogP contribution in [0.1, 0.15) is 256 Å². The summed E-state index contributed by atoms with van der Waals surface area (Å²) >= 11 is 0. The Morgan fingerprint density at radius 2 is 0.660 bits per heavy atom. The summed E-state index contributed by atoms with van der Waals surface area (Å²) in [6.45, 7) is 1.49. The number of carboxylic acids is 9. The summed E-state index contributed by atoms with van der Waals surface area (Å²) in [5.41, 5.74) is 28.6. The normalized spacial score (nSPS) is 13.4. The highest BCUT2D eigenvalue weighted by atomic mass is 16.5. The minimum atomic E-state index is -1.02. The van der Waals surface area contributed by atoms with Gasteiger partial charge in [0.25, 0.3) is 0 Å². The third-order valence-electron chi connectivity index (χ3n) is 26.0. The summed E-state index contributed by atoms with van der Waals surface area (Å²) in [4.78, 5) is 148. The number of hydrogen-bond donors (Lipinski definition) is 12. The first-order chi connectivity index (χ1) is 67.9. The third kappa shape index (κ3) is 24.1. The van der Waals surface area contributed by atoms with Crippen molar-refractivity contribution < 1.29 is 128 Å². The molecular weight excluding hydrogens is 1800 g/mol. The zero-order valence-electron chi connectivity index (χ0n) is 77.7. The quantitative estimate of drug-likeness (QED) is 0.00985. The van der Waals surface area contributed by atoms with Gasteiger partial charge in [-0.1, -0.05) is 188 Å². The second-order valence-corrected chi connectivity index (χ2v) is 35.0. The number of fused-ring (bicyclic) bond motifs is 18. The number of ketones is 2. The van der Waals surface area contributed by atoms with Crippen molar-refractivity contribution >= 4 is 77.5 Å². The number of hydrogen-bond acceptors (Lipinski definition) is 17. The van der Waals surface area contributed by atoms with E-state index in [1.165, 1.54) is 5.56 Å². The summed E-state index contributed by atoms with van der Waals surface area (Å²) in [5, 5.41) is 104. The van der Waals surface area contributed by atoms with Gasteiger partial charge < -0.3 is 75.8 Å². The standard InChI is InChI=1S/C26H33NO5.C19H18O5.C19H16O5.C18H14O5.C18H16O4.C14H10O2/c1-31-14-5-9-24(29)21-8-4-7-19-23(17-28)22-16-18(11-12-20(22)26(19)21)6-3-10-25(30)27-13-15-32-2;2*20-10-16-12-4-2-5-14(19(23)24)18(12)13-8-7-11(9-15(13)16)3-1-6-17(21)22;19-15(6-7-16(20)21)10-4-5-13-12(8-10)9-11-2-1-3-14(17(11)13)18(22)23;19-16(20)6-1-3-11-7-8-14-13(9-11)10-12-4-2-5-15(17(12)14)18(21)22;15-14(16)12-7-3-5-10-8-9-4-1-2-6-11(9)13(10)12/h4,7-8,11-12,16,23,28H,3,5-6,9-10,13-15,17H2,1-2H3,(H,27,30);2,4-5,7-9,16,20H,1,3,6,10H2,(H,21,22)(H,23,24);2,4-5,7-10,16H,1,3,6H2,(H,21,22)(H,23,24);1-5,8H,6-7,9H2,(H,20,21)(H,22,23);2,4-5,7-9H,1,3,6,10H2,(H,19,20)(H,21,22);1-7H,8H2,(H,15,16). The molecule has 0 aliphatic heterocycles. The van der Waals surface area contributed by atoms with Gasteiger partial charge in [-0.15, -0.1) is 0 Å². The number of carbonyl (C=O) groups is 13. The van der Waals surface area contributed by atoms with Crippen LogP contribution in [0.2, 0.25) is 0 Å². The van der Waals surface area contributed by atoms with Crippen molar-refractivity contribution in [3.8, 4) is 66.8 Å². The minimum absolute atomic E-state index is 0.00726. The number of aromatic carboxylic acids is 5. The average Bonchev–Trinajstić information content (AvgIpc) is 1.59. The van der Waals surface area contributed by atoms with Crippen LogP contribution in [-0.4, -0.2) is 181 Å². The molecule has 27 heteroatoms. The highest BCUT2D eigenvalue weighted by Crippen LogP contribution is 2.51. The molecule has 18 rings (SSSR count). The van der Waals surface area contributed by atoms with Crippen molar-refractivity contribution in [3.05, 3.63) is 352 Å². The summed E-state index contributed by atoms with van der Waals surface area (Å²) in [6.07, 6.45) is 9.89. The van der Waals surface area contributed by atoms with E-state index in [1.807, 2.05) is 115 Å². The smallest absolute Gasteiger partial charge is 0.336 e. The molecule has 0 heterocycles. The molecule has 0 aromatic heterocycles. The number of benzene rings is 12. The van der Waals surface area contributed by atoms with E-state index in [9.17, 15) is 98.1 Å². The molecule has 12 aromatic carbocycles. The largest absolute Gasteiger partial charge is 0.481 e. The number of aldehydes is 1. The van der Waals surface area contributed by atoms with E-state index in [4.69, 9.17) is 29.9 Å². The fourth-order valence-corrected chi connectivity index (χ4v) is 19.6. The number of aliphatic carboxylic acids is 4.